The maximum atomic E-state index is 13.0. The van der Waals surface area contributed by atoms with Crippen LogP contribution in [-0.2, 0) is 17.8 Å². The van der Waals surface area contributed by atoms with Crippen LogP contribution in [0.5, 0.6) is 5.75 Å². The van der Waals surface area contributed by atoms with E-state index in [1.807, 2.05) is 30.3 Å². The van der Waals surface area contributed by atoms with Gasteiger partial charge in [-0.2, -0.15) is 0 Å². The largest absolute Gasteiger partial charge is 0.488 e. The Morgan fingerprint density at radius 1 is 1.00 bits per heavy atom. The molecule has 0 fully saturated rings. The number of nitrogens with zero attached hydrogens (tertiary/aromatic N) is 1. The lowest BCUT2D eigenvalue weighted by Gasteiger charge is -2.22. The number of benzene rings is 3. The predicted molar refractivity (Wildman–Crippen MR) is 112 cm³/mol. The molecule has 1 aliphatic rings. The van der Waals surface area contributed by atoms with Gasteiger partial charge in [-0.3, -0.25) is 14.5 Å². The van der Waals surface area contributed by atoms with Gasteiger partial charge < -0.3 is 14.9 Å². The van der Waals surface area contributed by atoms with Gasteiger partial charge in [0, 0.05) is 5.69 Å². The van der Waals surface area contributed by atoms with Crippen LogP contribution in [0.2, 0.25) is 5.02 Å². The van der Waals surface area contributed by atoms with Gasteiger partial charge in [-0.25, -0.2) is 0 Å². The Labute approximate surface area is 177 Å². The van der Waals surface area contributed by atoms with Crippen LogP contribution in [0, 0.1) is 0 Å². The van der Waals surface area contributed by atoms with Crippen LogP contribution < -0.4 is 9.64 Å². The number of hydrogen-bond donors (Lipinski definition) is 2. The van der Waals surface area contributed by atoms with E-state index in [2.05, 4.69) is 0 Å². The third kappa shape index (κ3) is 3.75. The minimum absolute atomic E-state index is 0.125. The molecule has 0 aliphatic carbocycles. The maximum Gasteiger partial charge on any atom is 0.307 e. The van der Waals surface area contributed by atoms with Gasteiger partial charge in [0.25, 0.3) is 5.91 Å². The first-order valence-electron chi connectivity index (χ1n) is 9.27. The van der Waals surface area contributed by atoms with Gasteiger partial charge in [0.1, 0.15) is 12.4 Å². The normalized spacial score (nSPS) is 15.2. The molecular formula is C23H18ClNO5. The maximum absolute atomic E-state index is 13.0. The summed E-state index contributed by atoms with van der Waals surface area (Å²) in [5.41, 5.74) is 2.49. The van der Waals surface area contributed by atoms with E-state index >= 15 is 0 Å². The smallest absolute Gasteiger partial charge is 0.307 e. The monoisotopic (exact) mass is 423 g/mol. The van der Waals surface area contributed by atoms with Gasteiger partial charge in [0.05, 0.1) is 22.6 Å². The number of aliphatic hydroxyl groups is 1. The number of carbonyl (C=O) groups is 2. The van der Waals surface area contributed by atoms with E-state index in [-0.39, 0.29) is 23.6 Å². The average molecular weight is 424 g/mol. The Balaban J connectivity index is 1.64. The summed E-state index contributed by atoms with van der Waals surface area (Å²) < 4.78 is 5.89. The molecule has 1 unspecified atom stereocenters. The molecule has 1 amide bonds. The summed E-state index contributed by atoms with van der Waals surface area (Å²) in [6.45, 7) is 0.277. The lowest BCUT2D eigenvalue weighted by molar-refractivity contribution is -0.136. The molecule has 7 heteroatoms. The third-order valence-corrected chi connectivity index (χ3v) is 5.21. The number of anilines is 1. The number of carboxylic acids is 1. The molecule has 1 atom stereocenters. The van der Waals surface area contributed by atoms with E-state index in [4.69, 9.17) is 21.4 Å². The Morgan fingerprint density at radius 3 is 2.37 bits per heavy atom. The Hall–Kier alpha value is -3.35. The SMILES string of the molecule is O=C(O)Cc1ccc(N2C(=O)c3c(Cl)ccc(OCc4ccccc4)c3C2O)cc1. The number of hydrogen-bond acceptors (Lipinski definition) is 4. The highest BCUT2D eigenvalue weighted by molar-refractivity contribution is 6.35. The second kappa shape index (κ2) is 8.18. The molecular weight excluding hydrogens is 406 g/mol. The summed E-state index contributed by atoms with van der Waals surface area (Å²) in [7, 11) is 0. The fourth-order valence-electron chi connectivity index (χ4n) is 3.48. The summed E-state index contributed by atoms with van der Waals surface area (Å²) in [4.78, 5) is 25.1. The van der Waals surface area contributed by atoms with E-state index in [0.717, 1.165) is 5.56 Å². The summed E-state index contributed by atoms with van der Waals surface area (Å²) in [6.07, 6.45) is -1.40. The molecule has 2 N–H and O–H groups in total. The number of aliphatic hydroxyl groups excluding tert-OH is 1. The Morgan fingerprint density at radius 2 is 1.70 bits per heavy atom. The van der Waals surface area contributed by atoms with Gasteiger partial charge >= 0.3 is 5.97 Å². The van der Waals surface area contributed by atoms with Crippen molar-refractivity contribution < 1.29 is 24.5 Å². The molecule has 1 heterocycles. The highest BCUT2D eigenvalue weighted by Gasteiger charge is 2.40. The van der Waals surface area contributed by atoms with Crippen molar-refractivity contribution in [2.45, 2.75) is 19.3 Å². The molecule has 6 nitrogen and oxygen atoms in total. The van der Waals surface area contributed by atoms with Crippen molar-refractivity contribution in [2.24, 2.45) is 0 Å². The van der Waals surface area contributed by atoms with Crippen molar-refractivity contribution in [3.63, 3.8) is 0 Å². The zero-order valence-electron chi connectivity index (χ0n) is 15.8. The highest BCUT2D eigenvalue weighted by Crippen LogP contribution is 2.44. The molecule has 0 saturated heterocycles. The number of carbonyl (C=O) groups excluding carboxylic acids is 1. The number of rotatable bonds is 6. The summed E-state index contributed by atoms with van der Waals surface area (Å²) in [5, 5.41) is 20.1. The summed E-state index contributed by atoms with van der Waals surface area (Å²) in [5.74, 6) is -1.01. The third-order valence-electron chi connectivity index (χ3n) is 4.90. The number of amides is 1. The lowest BCUT2D eigenvalue weighted by Crippen LogP contribution is -2.27. The number of aliphatic carboxylic acids is 1. The topological polar surface area (TPSA) is 87.1 Å². The Bertz CT molecular complexity index is 1100. The quantitative estimate of drug-likeness (QED) is 0.620. The predicted octanol–water partition coefficient (Wildman–Crippen LogP) is 4.20. The fraction of sp³-hybridized carbons (Fsp3) is 0.130. The van der Waals surface area contributed by atoms with E-state index in [0.29, 0.717) is 22.6 Å². The molecule has 0 aromatic heterocycles. The minimum atomic E-state index is -1.28. The summed E-state index contributed by atoms with van der Waals surface area (Å²) >= 11 is 6.27. The van der Waals surface area contributed by atoms with E-state index < -0.39 is 18.1 Å². The van der Waals surface area contributed by atoms with Crippen LogP contribution in [0.3, 0.4) is 0 Å². The molecule has 30 heavy (non-hydrogen) atoms. The Kier molecular flexibility index (Phi) is 5.44. The number of halogens is 1. The molecule has 4 rings (SSSR count). The van der Waals surface area contributed by atoms with Crippen LogP contribution in [0.25, 0.3) is 0 Å². The zero-order chi connectivity index (χ0) is 21.3. The van der Waals surface area contributed by atoms with Gasteiger partial charge in [0.2, 0.25) is 0 Å². The van der Waals surface area contributed by atoms with Crippen LogP contribution in [0.1, 0.15) is 33.3 Å². The molecule has 0 spiro atoms. The van der Waals surface area contributed by atoms with Crippen molar-refractivity contribution in [3.8, 4) is 5.75 Å². The van der Waals surface area contributed by atoms with Crippen molar-refractivity contribution in [3.05, 3.63) is 94.0 Å². The van der Waals surface area contributed by atoms with Crippen LogP contribution in [-0.4, -0.2) is 22.1 Å². The molecule has 152 valence electrons. The molecule has 3 aromatic rings. The van der Waals surface area contributed by atoms with Gasteiger partial charge in [-0.1, -0.05) is 54.1 Å². The first-order valence-corrected chi connectivity index (χ1v) is 9.65. The number of carboxylic acid groups (broad SMARTS) is 1. The van der Waals surface area contributed by atoms with Crippen LogP contribution >= 0.6 is 11.6 Å². The molecule has 0 radical (unpaired) electrons. The standard InChI is InChI=1S/C23H18ClNO5/c24-17-10-11-18(30-13-15-4-2-1-3-5-15)21-20(17)22(28)25(23(21)29)16-8-6-14(7-9-16)12-19(26)27/h1-11,23,29H,12-13H2,(H,26,27). The van der Waals surface area contributed by atoms with Gasteiger partial charge in [0.15, 0.2) is 6.23 Å². The number of ether oxygens (including phenoxy) is 1. The minimum Gasteiger partial charge on any atom is -0.488 e. The van der Waals surface area contributed by atoms with E-state index in [9.17, 15) is 14.7 Å². The van der Waals surface area contributed by atoms with Crippen molar-refractivity contribution in [1.29, 1.82) is 0 Å². The second-order valence-electron chi connectivity index (χ2n) is 6.89. The average Bonchev–Trinajstić information content (AvgIpc) is 3.00. The molecule has 1 aliphatic heterocycles. The fourth-order valence-corrected chi connectivity index (χ4v) is 3.72. The van der Waals surface area contributed by atoms with Crippen molar-refractivity contribution >= 4 is 29.2 Å². The lowest BCUT2D eigenvalue weighted by atomic mass is 10.1. The molecule has 0 saturated carbocycles. The van der Waals surface area contributed by atoms with E-state index in [1.54, 1.807) is 36.4 Å². The number of fused-ring (bicyclic) bond motifs is 1. The van der Waals surface area contributed by atoms with Gasteiger partial charge in [-0.05, 0) is 35.4 Å². The van der Waals surface area contributed by atoms with Crippen molar-refractivity contribution in [2.75, 3.05) is 4.90 Å². The van der Waals surface area contributed by atoms with Crippen LogP contribution in [0.4, 0.5) is 5.69 Å². The second-order valence-corrected chi connectivity index (χ2v) is 7.30. The van der Waals surface area contributed by atoms with Gasteiger partial charge in [-0.15, -0.1) is 0 Å². The van der Waals surface area contributed by atoms with Crippen LogP contribution in [0.15, 0.2) is 66.7 Å². The molecule has 3 aromatic carbocycles. The first kappa shape index (κ1) is 19.9. The van der Waals surface area contributed by atoms with Crippen molar-refractivity contribution in [1.82, 2.24) is 0 Å². The first-order chi connectivity index (χ1) is 14.5. The molecule has 0 bridgehead atoms. The highest BCUT2D eigenvalue weighted by atomic mass is 35.5. The summed E-state index contributed by atoms with van der Waals surface area (Å²) in [6, 6.07) is 19.2. The zero-order valence-corrected chi connectivity index (χ0v) is 16.5. The van der Waals surface area contributed by atoms with E-state index in [1.165, 1.54) is 4.90 Å².